The Morgan fingerprint density at radius 3 is 2.39 bits per heavy atom. The second-order valence-electron chi connectivity index (χ2n) is 4.35. The molecular formula is C14H8O4. The Kier molecular flexibility index (Phi) is 2.13. The van der Waals surface area contributed by atoms with Crippen molar-refractivity contribution in [2.45, 2.75) is 12.8 Å². The van der Waals surface area contributed by atoms with Gasteiger partial charge in [-0.2, -0.15) is 0 Å². The largest absolute Gasteiger partial charge is 0.294 e. The zero-order valence-corrected chi connectivity index (χ0v) is 9.36. The summed E-state index contributed by atoms with van der Waals surface area (Å²) in [5.74, 6) is -1.34. The van der Waals surface area contributed by atoms with Crippen molar-refractivity contribution >= 4 is 23.1 Å². The summed E-state index contributed by atoms with van der Waals surface area (Å²) < 4.78 is 0. The first kappa shape index (κ1) is 10.8. The van der Waals surface area contributed by atoms with Gasteiger partial charge in [0.25, 0.3) is 0 Å². The standard InChI is InChI=1S/C14H8O4/c15-7-4-5-8-10(6-7)13(17)9-2-1-3-11(16)12(9)14(8)18/h1-2,4-5H,3,6H2. The maximum absolute atomic E-state index is 12.2. The number of carbonyl (C=O) groups excluding carboxylic acids is 4. The second kappa shape index (κ2) is 3.57. The zero-order chi connectivity index (χ0) is 12.9. The molecule has 0 aromatic carbocycles. The highest BCUT2D eigenvalue weighted by Crippen LogP contribution is 2.33. The Labute approximate surface area is 102 Å². The lowest BCUT2D eigenvalue weighted by molar-refractivity contribution is -0.121. The van der Waals surface area contributed by atoms with E-state index in [1.807, 2.05) is 0 Å². The van der Waals surface area contributed by atoms with E-state index < -0.39 is 5.78 Å². The van der Waals surface area contributed by atoms with Crippen LogP contribution in [-0.2, 0) is 19.2 Å². The van der Waals surface area contributed by atoms with E-state index in [9.17, 15) is 19.2 Å². The summed E-state index contributed by atoms with van der Waals surface area (Å²) >= 11 is 0. The fourth-order valence-corrected chi connectivity index (χ4v) is 2.38. The number of Topliss-reactive ketones (excluding diaryl/α,β-unsaturated/α-hetero) is 3. The Bertz CT molecular complexity index is 653. The van der Waals surface area contributed by atoms with Gasteiger partial charge in [0.15, 0.2) is 23.1 Å². The van der Waals surface area contributed by atoms with Crippen LogP contribution in [0.2, 0.25) is 0 Å². The van der Waals surface area contributed by atoms with Crippen LogP contribution in [0.4, 0.5) is 0 Å². The maximum atomic E-state index is 12.2. The van der Waals surface area contributed by atoms with Gasteiger partial charge in [0.2, 0.25) is 0 Å². The van der Waals surface area contributed by atoms with Gasteiger partial charge in [-0.3, -0.25) is 19.2 Å². The molecule has 18 heavy (non-hydrogen) atoms. The molecule has 0 unspecified atom stereocenters. The fraction of sp³-hybridized carbons (Fsp3) is 0.143. The van der Waals surface area contributed by atoms with Crippen LogP contribution in [0.5, 0.6) is 0 Å². The number of carbonyl (C=O) groups is 4. The Hall–Kier alpha value is -2.36. The lowest BCUT2D eigenvalue weighted by Crippen LogP contribution is -2.30. The molecule has 3 rings (SSSR count). The third-order valence-corrected chi connectivity index (χ3v) is 3.24. The normalized spacial score (nSPS) is 22.7. The molecule has 0 N–H and O–H groups in total. The number of hydrogen-bond donors (Lipinski definition) is 0. The number of hydrogen-bond acceptors (Lipinski definition) is 4. The zero-order valence-electron chi connectivity index (χ0n) is 9.36. The molecule has 0 saturated carbocycles. The minimum atomic E-state index is -0.433. The van der Waals surface area contributed by atoms with Crippen LogP contribution in [0, 0.1) is 0 Å². The number of allylic oxidation sites excluding steroid dienone is 8. The Morgan fingerprint density at radius 2 is 1.61 bits per heavy atom. The molecule has 0 amide bonds. The van der Waals surface area contributed by atoms with E-state index in [-0.39, 0.29) is 52.5 Å². The molecule has 0 heterocycles. The molecule has 4 heteroatoms. The molecule has 0 aromatic heterocycles. The predicted molar refractivity (Wildman–Crippen MR) is 61.6 cm³/mol. The SMILES string of the molecule is O=C1C=CC2=C(C1)C(=O)C1=C(C(=O)CC=C1)C2=O. The van der Waals surface area contributed by atoms with Crippen molar-refractivity contribution in [3.05, 3.63) is 46.6 Å². The predicted octanol–water partition coefficient (Wildman–Crippen LogP) is 0.789. The van der Waals surface area contributed by atoms with Crippen LogP contribution in [0.3, 0.4) is 0 Å². The van der Waals surface area contributed by atoms with E-state index in [1.54, 1.807) is 6.08 Å². The van der Waals surface area contributed by atoms with Gasteiger partial charge in [0.1, 0.15) is 0 Å². The molecule has 0 aromatic rings. The van der Waals surface area contributed by atoms with E-state index in [0.29, 0.717) is 0 Å². The van der Waals surface area contributed by atoms with Gasteiger partial charge < -0.3 is 0 Å². The first-order valence-electron chi connectivity index (χ1n) is 5.57. The van der Waals surface area contributed by atoms with Gasteiger partial charge in [-0.25, -0.2) is 0 Å². The third kappa shape index (κ3) is 1.32. The molecule has 0 aliphatic heterocycles. The molecular weight excluding hydrogens is 232 g/mol. The molecule has 0 fully saturated rings. The van der Waals surface area contributed by atoms with E-state index in [0.717, 1.165) is 0 Å². The lowest BCUT2D eigenvalue weighted by Gasteiger charge is -2.23. The molecule has 0 spiro atoms. The minimum absolute atomic E-state index is 0.0275. The van der Waals surface area contributed by atoms with Crippen molar-refractivity contribution in [2.24, 2.45) is 0 Å². The van der Waals surface area contributed by atoms with Crippen molar-refractivity contribution < 1.29 is 19.2 Å². The van der Waals surface area contributed by atoms with Crippen molar-refractivity contribution in [1.82, 2.24) is 0 Å². The minimum Gasteiger partial charge on any atom is -0.294 e. The van der Waals surface area contributed by atoms with Gasteiger partial charge in [0, 0.05) is 29.6 Å². The monoisotopic (exact) mass is 240 g/mol. The van der Waals surface area contributed by atoms with Crippen molar-refractivity contribution in [3.63, 3.8) is 0 Å². The highest BCUT2D eigenvalue weighted by atomic mass is 16.2. The van der Waals surface area contributed by atoms with Crippen LogP contribution in [0.1, 0.15) is 12.8 Å². The highest BCUT2D eigenvalue weighted by Gasteiger charge is 2.37. The highest BCUT2D eigenvalue weighted by molar-refractivity contribution is 6.38. The van der Waals surface area contributed by atoms with E-state index in [4.69, 9.17) is 0 Å². The third-order valence-electron chi connectivity index (χ3n) is 3.24. The average molecular weight is 240 g/mol. The molecule has 3 aliphatic rings. The molecule has 88 valence electrons. The Balaban J connectivity index is 2.20. The van der Waals surface area contributed by atoms with Crippen LogP contribution < -0.4 is 0 Å². The van der Waals surface area contributed by atoms with E-state index >= 15 is 0 Å². The average Bonchev–Trinajstić information content (AvgIpc) is 2.35. The lowest BCUT2D eigenvalue weighted by atomic mass is 9.76. The van der Waals surface area contributed by atoms with Crippen molar-refractivity contribution in [3.8, 4) is 0 Å². The fourth-order valence-electron chi connectivity index (χ4n) is 2.38. The molecule has 0 bridgehead atoms. The molecule has 3 aliphatic carbocycles. The molecule has 0 saturated heterocycles. The number of rotatable bonds is 0. The maximum Gasteiger partial charge on any atom is 0.197 e. The Morgan fingerprint density at radius 1 is 0.833 bits per heavy atom. The summed E-state index contributed by atoms with van der Waals surface area (Å²) in [6.07, 6.45) is 5.77. The van der Waals surface area contributed by atoms with Gasteiger partial charge in [0.05, 0.1) is 5.57 Å². The summed E-state index contributed by atoms with van der Waals surface area (Å²) in [6, 6.07) is 0. The molecule has 4 nitrogen and oxygen atoms in total. The molecule has 0 atom stereocenters. The van der Waals surface area contributed by atoms with Gasteiger partial charge in [-0.1, -0.05) is 12.2 Å². The van der Waals surface area contributed by atoms with Crippen LogP contribution >= 0.6 is 0 Å². The van der Waals surface area contributed by atoms with Gasteiger partial charge in [-0.05, 0) is 12.2 Å². The summed E-state index contributed by atoms with van der Waals surface area (Å²) in [4.78, 5) is 47.4. The van der Waals surface area contributed by atoms with Crippen molar-refractivity contribution in [2.75, 3.05) is 0 Å². The van der Waals surface area contributed by atoms with Crippen molar-refractivity contribution in [1.29, 1.82) is 0 Å². The first-order chi connectivity index (χ1) is 8.59. The quantitative estimate of drug-likeness (QED) is 0.463. The molecule has 0 radical (unpaired) electrons. The summed E-state index contributed by atoms with van der Waals surface area (Å²) in [5, 5.41) is 0. The second-order valence-corrected chi connectivity index (χ2v) is 4.35. The van der Waals surface area contributed by atoms with Crippen LogP contribution in [0.25, 0.3) is 0 Å². The summed E-state index contributed by atoms with van der Waals surface area (Å²) in [7, 11) is 0. The van der Waals surface area contributed by atoms with Crippen LogP contribution in [0.15, 0.2) is 46.6 Å². The van der Waals surface area contributed by atoms with Gasteiger partial charge >= 0.3 is 0 Å². The van der Waals surface area contributed by atoms with E-state index in [1.165, 1.54) is 18.2 Å². The summed E-state index contributed by atoms with van der Waals surface area (Å²) in [5.41, 5.74) is 0.519. The topological polar surface area (TPSA) is 68.3 Å². The van der Waals surface area contributed by atoms with Gasteiger partial charge in [-0.15, -0.1) is 0 Å². The smallest absolute Gasteiger partial charge is 0.197 e. The van der Waals surface area contributed by atoms with E-state index in [2.05, 4.69) is 0 Å². The summed E-state index contributed by atoms with van der Waals surface area (Å²) in [6.45, 7) is 0. The first-order valence-corrected chi connectivity index (χ1v) is 5.57. The van der Waals surface area contributed by atoms with Crippen LogP contribution in [-0.4, -0.2) is 23.1 Å². The number of ketones is 4.